The van der Waals surface area contributed by atoms with Gasteiger partial charge in [0.15, 0.2) is 0 Å². The maximum Gasteiger partial charge on any atom is 0.0855 e. The van der Waals surface area contributed by atoms with Gasteiger partial charge in [0.2, 0.25) is 0 Å². The number of hydrogen-bond acceptors (Lipinski definition) is 3. The second-order valence-electron chi connectivity index (χ2n) is 2.19. The van der Waals surface area contributed by atoms with Crippen LogP contribution in [0.5, 0.6) is 0 Å². The summed E-state index contributed by atoms with van der Waals surface area (Å²) in [6.45, 7) is 6.02. The van der Waals surface area contributed by atoms with Crippen LogP contribution in [0.2, 0.25) is 0 Å². The minimum absolute atomic E-state index is 0.200. The van der Waals surface area contributed by atoms with Crippen molar-refractivity contribution in [3.63, 3.8) is 0 Å². The van der Waals surface area contributed by atoms with Crippen LogP contribution < -0.4 is 0 Å². The molecule has 1 atom stereocenters. The highest BCUT2D eigenvalue weighted by Gasteiger charge is 2.01. The maximum atomic E-state index is 8.05. The number of hydrogen-bond donors (Lipinski definition) is 1. The predicted octanol–water partition coefficient (Wildman–Crippen LogP) is 1.82. The lowest BCUT2D eigenvalue weighted by atomic mass is 10.2. The zero-order valence-electron chi connectivity index (χ0n) is 6.86. The van der Waals surface area contributed by atoms with Crippen LogP contribution in [0.4, 0.5) is 0 Å². The molecule has 3 nitrogen and oxygen atoms in total. The van der Waals surface area contributed by atoms with E-state index in [1.165, 1.54) is 6.21 Å². The first kappa shape index (κ1) is 10.2. The average Bonchev–Trinajstić information content (AvgIpc) is 2.03. The molecule has 64 valence electrons. The molecule has 0 bridgehead atoms. The number of rotatable bonds is 6. The van der Waals surface area contributed by atoms with Crippen molar-refractivity contribution in [1.82, 2.24) is 0 Å². The molecule has 1 N–H and O–H groups in total. The van der Waals surface area contributed by atoms with E-state index >= 15 is 0 Å². The lowest BCUT2D eigenvalue weighted by Crippen LogP contribution is -2.11. The van der Waals surface area contributed by atoms with E-state index in [1.807, 2.05) is 13.0 Å². The van der Waals surface area contributed by atoms with Crippen molar-refractivity contribution in [3.8, 4) is 0 Å². The van der Waals surface area contributed by atoms with E-state index < -0.39 is 0 Å². The summed E-state index contributed by atoms with van der Waals surface area (Å²) >= 11 is 0. The third-order valence-corrected chi connectivity index (χ3v) is 1.37. The average molecular weight is 157 g/mol. The normalized spacial score (nSPS) is 13.5. The van der Waals surface area contributed by atoms with Crippen molar-refractivity contribution in [1.29, 1.82) is 0 Å². The zero-order valence-corrected chi connectivity index (χ0v) is 6.86. The van der Waals surface area contributed by atoms with Crippen molar-refractivity contribution in [2.75, 3.05) is 6.61 Å². The van der Waals surface area contributed by atoms with Gasteiger partial charge in [-0.05, 0) is 12.8 Å². The van der Waals surface area contributed by atoms with E-state index in [9.17, 15) is 0 Å². The molecule has 0 aromatic heterocycles. The van der Waals surface area contributed by atoms with Gasteiger partial charge in [-0.1, -0.05) is 18.2 Å². The summed E-state index contributed by atoms with van der Waals surface area (Å²) < 4.78 is 5.29. The Kier molecular flexibility index (Phi) is 6.73. The number of nitrogens with zero attached hydrogens (tertiary/aromatic N) is 1. The molecule has 0 amide bonds. The molecular weight excluding hydrogens is 142 g/mol. The lowest BCUT2D eigenvalue weighted by Gasteiger charge is -2.11. The molecule has 0 aromatic rings. The highest BCUT2D eigenvalue weighted by Crippen LogP contribution is 2.02. The first-order valence-electron chi connectivity index (χ1n) is 3.73. The largest absolute Gasteiger partial charge is 0.411 e. The topological polar surface area (TPSA) is 41.8 Å². The van der Waals surface area contributed by atoms with Gasteiger partial charge in [-0.3, -0.25) is 0 Å². The zero-order chi connectivity index (χ0) is 8.53. The molecule has 0 saturated carbocycles. The fraction of sp³-hybridized carbons (Fsp3) is 0.625. The summed E-state index contributed by atoms with van der Waals surface area (Å²) in [6, 6.07) is 0. The van der Waals surface area contributed by atoms with Crippen LogP contribution in [0, 0.1) is 0 Å². The molecule has 0 spiro atoms. The molecule has 0 aliphatic carbocycles. The van der Waals surface area contributed by atoms with Gasteiger partial charge >= 0.3 is 0 Å². The molecule has 0 aliphatic rings. The van der Waals surface area contributed by atoms with Crippen LogP contribution >= 0.6 is 0 Å². The van der Waals surface area contributed by atoms with Crippen molar-refractivity contribution >= 4 is 6.21 Å². The van der Waals surface area contributed by atoms with Crippen molar-refractivity contribution < 1.29 is 9.94 Å². The Morgan fingerprint density at radius 1 is 1.73 bits per heavy atom. The van der Waals surface area contributed by atoms with Crippen LogP contribution in [0.1, 0.15) is 19.8 Å². The van der Waals surface area contributed by atoms with Gasteiger partial charge in [0, 0.05) is 0 Å². The summed E-state index contributed by atoms with van der Waals surface area (Å²) in [5.41, 5.74) is 0. The first-order valence-corrected chi connectivity index (χ1v) is 3.73. The molecule has 0 aromatic carbocycles. The van der Waals surface area contributed by atoms with E-state index in [0.29, 0.717) is 6.61 Å². The van der Waals surface area contributed by atoms with Gasteiger partial charge in [-0.15, -0.1) is 6.58 Å². The summed E-state index contributed by atoms with van der Waals surface area (Å²) in [6.07, 6.45) is 5.14. The van der Waals surface area contributed by atoms with E-state index in [-0.39, 0.29) is 6.10 Å². The van der Waals surface area contributed by atoms with E-state index in [1.54, 1.807) is 0 Å². The van der Waals surface area contributed by atoms with Gasteiger partial charge in [0.25, 0.3) is 0 Å². The number of ether oxygens (including phenoxy) is 1. The van der Waals surface area contributed by atoms with Crippen LogP contribution in [-0.4, -0.2) is 24.1 Å². The van der Waals surface area contributed by atoms with Gasteiger partial charge in [-0.25, -0.2) is 0 Å². The Balaban J connectivity index is 3.42. The van der Waals surface area contributed by atoms with Crippen LogP contribution in [0.3, 0.4) is 0 Å². The van der Waals surface area contributed by atoms with Gasteiger partial charge in [-0.2, -0.15) is 0 Å². The van der Waals surface area contributed by atoms with E-state index in [4.69, 9.17) is 9.94 Å². The van der Waals surface area contributed by atoms with E-state index in [0.717, 1.165) is 12.8 Å². The fourth-order valence-electron chi connectivity index (χ4n) is 0.751. The molecule has 11 heavy (non-hydrogen) atoms. The molecule has 0 rings (SSSR count). The van der Waals surface area contributed by atoms with Crippen LogP contribution in [0.15, 0.2) is 17.8 Å². The minimum Gasteiger partial charge on any atom is -0.411 e. The second kappa shape index (κ2) is 7.28. The number of oxime groups is 1. The molecule has 0 aliphatic heterocycles. The fourth-order valence-corrected chi connectivity index (χ4v) is 0.751. The third-order valence-electron chi connectivity index (χ3n) is 1.37. The third kappa shape index (κ3) is 5.61. The molecule has 3 heteroatoms. The van der Waals surface area contributed by atoms with E-state index in [2.05, 4.69) is 11.7 Å². The lowest BCUT2D eigenvalue weighted by molar-refractivity contribution is 0.0818. The van der Waals surface area contributed by atoms with Crippen molar-refractivity contribution in [2.45, 2.75) is 25.9 Å². The molecule has 0 fully saturated rings. The minimum atomic E-state index is 0.200. The highest BCUT2D eigenvalue weighted by molar-refractivity contribution is 5.57. The molecular formula is C8H15NO2. The Bertz CT molecular complexity index is 123. The SMILES string of the molecule is C=CC[C@H](CC)OC/C=N/O. The first-order chi connectivity index (χ1) is 5.35. The molecule has 0 unspecified atom stereocenters. The summed E-state index contributed by atoms with van der Waals surface area (Å²) in [7, 11) is 0. The van der Waals surface area contributed by atoms with Crippen LogP contribution in [-0.2, 0) is 4.74 Å². The predicted molar refractivity (Wildman–Crippen MR) is 45.1 cm³/mol. The maximum absolute atomic E-state index is 8.05. The molecule has 0 saturated heterocycles. The Labute approximate surface area is 67.4 Å². The smallest absolute Gasteiger partial charge is 0.0855 e. The Morgan fingerprint density at radius 2 is 2.45 bits per heavy atom. The Hall–Kier alpha value is -0.830. The highest BCUT2D eigenvalue weighted by atomic mass is 16.5. The molecule has 0 radical (unpaired) electrons. The summed E-state index contributed by atoms with van der Waals surface area (Å²) in [5.74, 6) is 0. The second-order valence-corrected chi connectivity index (χ2v) is 2.19. The molecule has 0 heterocycles. The Morgan fingerprint density at radius 3 is 2.91 bits per heavy atom. The summed E-state index contributed by atoms with van der Waals surface area (Å²) in [5, 5.41) is 10.9. The van der Waals surface area contributed by atoms with Gasteiger partial charge in [0.05, 0.1) is 18.9 Å². The quantitative estimate of drug-likeness (QED) is 0.276. The summed E-state index contributed by atoms with van der Waals surface area (Å²) in [4.78, 5) is 0. The monoisotopic (exact) mass is 157 g/mol. The van der Waals surface area contributed by atoms with Gasteiger partial charge < -0.3 is 9.94 Å². The standard InChI is InChI=1S/C8H15NO2/c1-3-5-8(4-2)11-7-6-9-10/h3,6,8,10H,1,4-5,7H2,2H3/b9-6+/t8-/m0/s1. The van der Waals surface area contributed by atoms with Gasteiger partial charge in [0.1, 0.15) is 0 Å². The van der Waals surface area contributed by atoms with Crippen molar-refractivity contribution in [2.24, 2.45) is 5.16 Å². The van der Waals surface area contributed by atoms with Crippen LogP contribution in [0.25, 0.3) is 0 Å². The van der Waals surface area contributed by atoms with Crippen molar-refractivity contribution in [3.05, 3.63) is 12.7 Å².